The molecule has 0 aliphatic rings. The molecule has 1 atom stereocenters. The minimum absolute atomic E-state index is 0.269. The summed E-state index contributed by atoms with van der Waals surface area (Å²) in [5.74, 6) is 0. The fourth-order valence-electron chi connectivity index (χ4n) is 3.16. The Hall–Kier alpha value is -0.810. The van der Waals surface area contributed by atoms with Gasteiger partial charge in [0.1, 0.15) is 0 Å². The maximum absolute atomic E-state index is 11.6. The minimum Gasteiger partial charge on any atom is -0.450 e. The van der Waals surface area contributed by atoms with Crippen molar-refractivity contribution < 1.29 is 14.6 Å². The highest BCUT2D eigenvalue weighted by Crippen LogP contribution is 2.11. The highest BCUT2D eigenvalue weighted by atomic mass is 16.5. The van der Waals surface area contributed by atoms with E-state index in [1.807, 2.05) is 0 Å². The first kappa shape index (κ1) is 26.2. The minimum atomic E-state index is -0.269. The predicted molar refractivity (Wildman–Crippen MR) is 114 cm³/mol. The van der Waals surface area contributed by atoms with Gasteiger partial charge in [0.05, 0.1) is 6.61 Å². The molecule has 1 amide bonds. The van der Waals surface area contributed by atoms with Gasteiger partial charge in [-0.2, -0.15) is 0 Å². The van der Waals surface area contributed by atoms with Crippen LogP contribution in [0.3, 0.4) is 0 Å². The van der Waals surface area contributed by atoms with Gasteiger partial charge in [-0.15, -0.1) is 0 Å². The van der Waals surface area contributed by atoms with Crippen molar-refractivity contribution in [1.82, 2.24) is 10.6 Å². The number of ether oxygens (including phenoxy) is 1. The molecule has 0 aromatic heterocycles. The highest BCUT2D eigenvalue weighted by Gasteiger charge is 2.07. The predicted octanol–water partition coefficient (Wildman–Crippen LogP) is 5.16. The van der Waals surface area contributed by atoms with E-state index in [0.29, 0.717) is 19.2 Å². The van der Waals surface area contributed by atoms with E-state index < -0.39 is 0 Å². The Kier molecular flexibility index (Phi) is 20.8. The van der Waals surface area contributed by atoms with Crippen molar-refractivity contribution in [2.75, 3.05) is 26.3 Å². The number of rotatable bonds is 20. The summed E-state index contributed by atoms with van der Waals surface area (Å²) in [6.07, 6.45) is 15.8. The van der Waals surface area contributed by atoms with E-state index in [9.17, 15) is 4.79 Å². The molecular formula is C22H46N2O3. The summed E-state index contributed by atoms with van der Waals surface area (Å²) in [5, 5.41) is 15.4. The molecule has 0 aliphatic carbocycles. The molecule has 0 rings (SSSR count). The molecule has 0 heterocycles. The number of aliphatic hydroxyl groups excluding tert-OH is 1. The molecule has 1 unspecified atom stereocenters. The SMILES string of the molecule is CCCCCCOC(=O)NCCCCCC(CCCCC)NCCCCO. The van der Waals surface area contributed by atoms with Crippen LogP contribution in [-0.2, 0) is 4.74 Å². The number of hydrogen-bond acceptors (Lipinski definition) is 4. The average molecular weight is 387 g/mol. The molecule has 0 aromatic rings. The lowest BCUT2D eigenvalue weighted by molar-refractivity contribution is 0.143. The van der Waals surface area contributed by atoms with Gasteiger partial charge < -0.3 is 20.5 Å². The molecule has 0 fully saturated rings. The number of nitrogens with one attached hydrogen (secondary N) is 2. The van der Waals surface area contributed by atoms with Gasteiger partial charge in [0.2, 0.25) is 0 Å². The van der Waals surface area contributed by atoms with Crippen molar-refractivity contribution in [2.24, 2.45) is 0 Å². The normalized spacial score (nSPS) is 12.1. The molecule has 5 heteroatoms. The number of amides is 1. The molecule has 0 bridgehead atoms. The molecule has 0 aliphatic heterocycles. The Labute approximate surface area is 168 Å². The van der Waals surface area contributed by atoms with Gasteiger partial charge in [-0.25, -0.2) is 4.79 Å². The summed E-state index contributed by atoms with van der Waals surface area (Å²) in [4.78, 5) is 11.6. The van der Waals surface area contributed by atoms with Crippen LogP contribution >= 0.6 is 0 Å². The molecule has 5 nitrogen and oxygen atoms in total. The van der Waals surface area contributed by atoms with Crippen LogP contribution in [0.1, 0.15) is 104 Å². The van der Waals surface area contributed by atoms with E-state index in [1.165, 1.54) is 51.4 Å². The fourth-order valence-corrected chi connectivity index (χ4v) is 3.16. The topological polar surface area (TPSA) is 70.6 Å². The van der Waals surface area contributed by atoms with Gasteiger partial charge in [0, 0.05) is 19.2 Å². The van der Waals surface area contributed by atoms with E-state index >= 15 is 0 Å². The number of alkyl carbamates (subject to hydrolysis) is 1. The number of hydrogen-bond donors (Lipinski definition) is 3. The Balaban J connectivity index is 3.65. The van der Waals surface area contributed by atoms with Crippen LogP contribution in [0.15, 0.2) is 0 Å². The van der Waals surface area contributed by atoms with Crippen molar-refractivity contribution in [3.05, 3.63) is 0 Å². The standard InChI is InChI=1S/C22H46N2O3/c1-3-5-7-14-20-27-22(26)24-18-11-8-10-16-21(15-9-6-4-2)23-17-12-13-19-25/h21,23,25H,3-20H2,1-2H3,(H,24,26). The first-order valence-electron chi connectivity index (χ1n) is 11.5. The van der Waals surface area contributed by atoms with Gasteiger partial charge >= 0.3 is 6.09 Å². The molecule has 3 N–H and O–H groups in total. The summed E-state index contributed by atoms with van der Waals surface area (Å²) in [5.41, 5.74) is 0. The van der Waals surface area contributed by atoms with Crippen LogP contribution in [0, 0.1) is 0 Å². The zero-order valence-electron chi connectivity index (χ0n) is 18.1. The molecule has 0 radical (unpaired) electrons. The van der Waals surface area contributed by atoms with Crippen LogP contribution in [0.5, 0.6) is 0 Å². The van der Waals surface area contributed by atoms with Crippen molar-refractivity contribution in [2.45, 2.75) is 110 Å². The summed E-state index contributed by atoms with van der Waals surface area (Å²) < 4.78 is 5.17. The summed E-state index contributed by atoms with van der Waals surface area (Å²) in [7, 11) is 0. The van der Waals surface area contributed by atoms with Crippen LogP contribution in [-0.4, -0.2) is 43.5 Å². The largest absolute Gasteiger partial charge is 0.450 e. The highest BCUT2D eigenvalue weighted by molar-refractivity contribution is 5.66. The van der Waals surface area contributed by atoms with Crippen molar-refractivity contribution in [3.63, 3.8) is 0 Å². The third kappa shape index (κ3) is 19.7. The van der Waals surface area contributed by atoms with Crippen molar-refractivity contribution in [3.8, 4) is 0 Å². The van der Waals surface area contributed by atoms with Crippen LogP contribution in [0.4, 0.5) is 4.79 Å². The lowest BCUT2D eigenvalue weighted by Gasteiger charge is -2.18. The Morgan fingerprint density at radius 2 is 1.44 bits per heavy atom. The zero-order valence-corrected chi connectivity index (χ0v) is 18.1. The summed E-state index contributed by atoms with van der Waals surface area (Å²) in [6, 6.07) is 0.594. The maximum atomic E-state index is 11.6. The summed E-state index contributed by atoms with van der Waals surface area (Å²) >= 11 is 0. The van der Waals surface area contributed by atoms with E-state index in [1.54, 1.807) is 0 Å². The first-order valence-corrected chi connectivity index (χ1v) is 11.5. The number of carbonyl (C=O) groups is 1. The molecule has 0 saturated carbocycles. The van der Waals surface area contributed by atoms with E-state index in [4.69, 9.17) is 9.84 Å². The average Bonchev–Trinajstić information content (AvgIpc) is 2.67. The van der Waals surface area contributed by atoms with Gasteiger partial charge in [-0.3, -0.25) is 0 Å². The fraction of sp³-hybridized carbons (Fsp3) is 0.955. The second-order valence-electron chi connectivity index (χ2n) is 7.55. The van der Waals surface area contributed by atoms with Gasteiger partial charge in [-0.05, 0) is 45.1 Å². The monoisotopic (exact) mass is 386 g/mol. The third-order valence-corrected chi connectivity index (χ3v) is 4.90. The zero-order chi connectivity index (χ0) is 20.0. The smallest absolute Gasteiger partial charge is 0.407 e. The van der Waals surface area contributed by atoms with E-state index in [-0.39, 0.29) is 12.7 Å². The molecule has 162 valence electrons. The number of unbranched alkanes of at least 4 members (excludes halogenated alkanes) is 8. The molecule has 0 spiro atoms. The third-order valence-electron chi connectivity index (χ3n) is 4.90. The van der Waals surface area contributed by atoms with E-state index in [0.717, 1.165) is 45.1 Å². The van der Waals surface area contributed by atoms with Gasteiger partial charge in [-0.1, -0.05) is 65.2 Å². The van der Waals surface area contributed by atoms with Crippen LogP contribution in [0.25, 0.3) is 0 Å². The van der Waals surface area contributed by atoms with Gasteiger partial charge in [0.25, 0.3) is 0 Å². The Morgan fingerprint density at radius 1 is 0.815 bits per heavy atom. The lowest BCUT2D eigenvalue weighted by Crippen LogP contribution is -2.30. The second-order valence-corrected chi connectivity index (χ2v) is 7.55. The number of carbonyl (C=O) groups excluding carboxylic acids is 1. The quantitative estimate of drug-likeness (QED) is 0.253. The number of aliphatic hydroxyl groups is 1. The van der Waals surface area contributed by atoms with Crippen LogP contribution in [0.2, 0.25) is 0 Å². The first-order chi connectivity index (χ1) is 13.2. The molecular weight excluding hydrogens is 340 g/mol. The Morgan fingerprint density at radius 3 is 2.15 bits per heavy atom. The van der Waals surface area contributed by atoms with E-state index in [2.05, 4.69) is 24.5 Å². The van der Waals surface area contributed by atoms with Crippen molar-refractivity contribution in [1.29, 1.82) is 0 Å². The summed E-state index contributed by atoms with van der Waals surface area (Å²) in [6.45, 7) is 6.95. The molecule has 27 heavy (non-hydrogen) atoms. The lowest BCUT2D eigenvalue weighted by atomic mass is 10.0. The van der Waals surface area contributed by atoms with Gasteiger partial charge in [0.15, 0.2) is 0 Å². The Bertz CT molecular complexity index is 314. The molecule has 0 saturated heterocycles. The van der Waals surface area contributed by atoms with Crippen molar-refractivity contribution >= 4 is 6.09 Å². The maximum Gasteiger partial charge on any atom is 0.407 e. The molecule has 0 aromatic carbocycles. The second kappa shape index (κ2) is 21.5. The van der Waals surface area contributed by atoms with Crippen LogP contribution < -0.4 is 10.6 Å².